The summed E-state index contributed by atoms with van der Waals surface area (Å²) in [7, 11) is 0. The maximum atomic E-state index is 11.0. The van der Waals surface area contributed by atoms with Crippen molar-refractivity contribution in [2.24, 2.45) is 0 Å². The molecule has 0 spiro atoms. The smallest absolute Gasteiger partial charge is 0.311 e. The molecule has 0 aromatic heterocycles. The van der Waals surface area contributed by atoms with Gasteiger partial charge in [-0.1, -0.05) is 30.3 Å². The number of carboxylic acids is 1. The minimum absolute atomic E-state index is 0.460. The fourth-order valence-corrected chi connectivity index (χ4v) is 1.46. The summed E-state index contributed by atoms with van der Waals surface area (Å²) in [5.74, 6) is -1.25. The average molecular weight is 208 g/mol. The zero-order chi connectivity index (χ0) is 11.1. The minimum atomic E-state index is -0.791. The van der Waals surface area contributed by atoms with Gasteiger partial charge in [0.25, 0.3) is 0 Å². The highest BCUT2D eigenvalue weighted by Gasteiger charge is 2.18. The number of rotatable bonds is 6. The first-order valence-electron chi connectivity index (χ1n) is 5.11. The number of aliphatic carboxylic acids is 1. The van der Waals surface area contributed by atoms with E-state index in [4.69, 9.17) is 9.84 Å². The van der Waals surface area contributed by atoms with Gasteiger partial charge in [-0.3, -0.25) is 4.79 Å². The second-order valence-electron chi connectivity index (χ2n) is 3.29. The van der Waals surface area contributed by atoms with Crippen LogP contribution in [0.3, 0.4) is 0 Å². The third-order valence-electron chi connectivity index (χ3n) is 2.26. The Labute approximate surface area is 89.7 Å². The highest BCUT2D eigenvalue weighted by atomic mass is 16.5. The number of hydrogen-bond acceptors (Lipinski definition) is 2. The molecule has 0 radical (unpaired) electrons. The first kappa shape index (κ1) is 11.7. The van der Waals surface area contributed by atoms with E-state index in [-0.39, 0.29) is 0 Å². The lowest BCUT2D eigenvalue weighted by Gasteiger charge is -2.12. The van der Waals surface area contributed by atoms with Crippen LogP contribution >= 0.6 is 0 Å². The molecular weight excluding hydrogens is 192 g/mol. The molecular formula is C12H16O3. The van der Waals surface area contributed by atoms with E-state index >= 15 is 0 Å². The Hall–Kier alpha value is -1.35. The van der Waals surface area contributed by atoms with Gasteiger partial charge in [0, 0.05) is 13.2 Å². The SMILES string of the molecule is CCOCCC(C(=O)O)c1ccccc1. The number of hydrogen-bond donors (Lipinski definition) is 1. The van der Waals surface area contributed by atoms with Gasteiger partial charge in [0.1, 0.15) is 0 Å². The van der Waals surface area contributed by atoms with E-state index in [0.717, 1.165) is 5.56 Å². The van der Waals surface area contributed by atoms with Crippen LogP contribution in [0.5, 0.6) is 0 Å². The Kier molecular flexibility index (Phi) is 4.84. The largest absolute Gasteiger partial charge is 0.481 e. The Morgan fingerprint density at radius 3 is 2.60 bits per heavy atom. The van der Waals surface area contributed by atoms with Crippen LogP contribution in [0.4, 0.5) is 0 Å². The van der Waals surface area contributed by atoms with Gasteiger partial charge in [-0.25, -0.2) is 0 Å². The van der Waals surface area contributed by atoms with Gasteiger partial charge in [0.15, 0.2) is 0 Å². The lowest BCUT2D eigenvalue weighted by molar-refractivity contribution is -0.139. The Bertz CT molecular complexity index is 295. The summed E-state index contributed by atoms with van der Waals surface area (Å²) in [4.78, 5) is 11.0. The van der Waals surface area contributed by atoms with Crippen molar-refractivity contribution < 1.29 is 14.6 Å². The van der Waals surface area contributed by atoms with E-state index in [1.807, 2.05) is 37.3 Å². The summed E-state index contributed by atoms with van der Waals surface area (Å²) >= 11 is 0. The predicted octanol–water partition coefficient (Wildman–Crippen LogP) is 2.28. The Morgan fingerprint density at radius 1 is 1.40 bits per heavy atom. The molecule has 1 aromatic rings. The third-order valence-corrected chi connectivity index (χ3v) is 2.26. The van der Waals surface area contributed by atoms with Gasteiger partial charge in [0.05, 0.1) is 5.92 Å². The van der Waals surface area contributed by atoms with Gasteiger partial charge in [0.2, 0.25) is 0 Å². The van der Waals surface area contributed by atoms with Crippen molar-refractivity contribution in [2.45, 2.75) is 19.3 Å². The summed E-state index contributed by atoms with van der Waals surface area (Å²) in [6.07, 6.45) is 0.521. The van der Waals surface area contributed by atoms with Crippen molar-refractivity contribution >= 4 is 5.97 Å². The summed E-state index contributed by atoms with van der Waals surface area (Å²) in [6, 6.07) is 9.26. The van der Waals surface area contributed by atoms with E-state index < -0.39 is 11.9 Å². The predicted molar refractivity (Wildman–Crippen MR) is 57.9 cm³/mol. The lowest BCUT2D eigenvalue weighted by atomic mass is 9.96. The van der Waals surface area contributed by atoms with Crippen LogP contribution < -0.4 is 0 Å². The lowest BCUT2D eigenvalue weighted by Crippen LogP contribution is -2.14. The molecule has 0 bridgehead atoms. The van der Waals surface area contributed by atoms with Gasteiger partial charge >= 0.3 is 5.97 Å². The molecule has 0 aliphatic rings. The van der Waals surface area contributed by atoms with Gasteiger partial charge in [-0.05, 0) is 18.9 Å². The molecule has 0 amide bonds. The second-order valence-corrected chi connectivity index (χ2v) is 3.29. The first-order chi connectivity index (χ1) is 7.25. The molecule has 82 valence electrons. The molecule has 0 saturated carbocycles. The Balaban J connectivity index is 2.62. The van der Waals surface area contributed by atoms with Crippen molar-refractivity contribution in [2.75, 3.05) is 13.2 Å². The molecule has 0 aliphatic heterocycles. The maximum Gasteiger partial charge on any atom is 0.311 e. The quantitative estimate of drug-likeness (QED) is 0.729. The summed E-state index contributed by atoms with van der Waals surface area (Å²) in [5, 5.41) is 9.07. The van der Waals surface area contributed by atoms with Gasteiger partial charge in [-0.15, -0.1) is 0 Å². The van der Waals surface area contributed by atoms with E-state index in [0.29, 0.717) is 19.6 Å². The van der Waals surface area contributed by atoms with Crippen LogP contribution in [0, 0.1) is 0 Å². The van der Waals surface area contributed by atoms with Crippen LogP contribution in [0.15, 0.2) is 30.3 Å². The van der Waals surface area contributed by atoms with Crippen molar-refractivity contribution in [3.05, 3.63) is 35.9 Å². The zero-order valence-corrected chi connectivity index (χ0v) is 8.85. The number of ether oxygens (including phenoxy) is 1. The summed E-state index contributed by atoms with van der Waals surface area (Å²) in [5.41, 5.74) is 0.838. The summed E-state index contributed by atoms with van der Waals surface area (Å²) < 4.78 is 5.17. The second kappa shape index (κ2) is 6.19. The Morgan fingerprint density at radius 2 is 2.07 bits per heavy atom. The highest BCUT2D eigenvalue weighted by molar-refractivity contribution is 5.75. The van der Waals surface area contributed by atoms with Crippen molar-refractivity contribution in [1.82, 2.24) is 0 Å². The van der Waals surface area contributed by atoms with Crippen molar-refractivity contribution in [3.8, 4) is 0 Å². The monoisotopic (exact) mass is 208 g/mol. The number of carbonyl (C=O) groups is 1. The fourth-order valence-electron chi connectivity index (χ4n) is 1.46. The summed E-state index contributed by atoms with van der Waals surface area (Å²) in [6.45, 7) is 3.02. The standard InChI is InChI=1S/C12H16O3/c1-2-15-9-8-11(12(13)14)10-6-4-3-5-7-10/h3-7,11H,2,8-9H2,1H3,(H,13,14). The minimum Gasteiger partial charge on any atom is -0.481 e. The van der Waals surface area contributed by atoms with Crippen LogP contribution in [-0.2, 0) is 9.53 Å². The van der Waals surface area contributed by atoms with Gasteiger partial charge < -0.3 is 9.84 Å². The molecule has 0 saturated heterocycles. The first-order valence-corrected chi connectivity index (χ1v) is 5.11. The molecule has 0 aliphatic carbocycles. The van der Waals surface area contributed by atoms with E-state index in [9.17, 15) is 4.79 Å². The third kappa shape index (κ3) is 3.72. The normalized spacial score (nSPS) is 12.3. The molecule has 3 heteroatoms. The van der Waals surface area contributed by atoms with Crippen LogP contribution in [0.25, 0.3) is 0 Å². The van der Waals surface area contributed by atoms with Crippen LogP contribution in [0.2, 0.25) is 0 Å². The fraction of sp³-hybridized carbons (Fsp3) is 0.417. The molecule has 0 fully saturated rings. The van der Waals surface area contributed by atoms with Crippen LogP contribution in [0.1, 0.15) is 24.8 Å². The maximum absolute atomic E-state index is 11.0. The van der Waals surface area contributed by atoms with E-state index in [1.54, 1.807) is 0 Å². The topological polar surface area (TPSA) is 46.5 Å². The van der Waals surface area contributed by atoms with Crippen molar-refractivity contribution in [3.63, 3.8) is 0 Å². The molecule has 1 N–H and O–H groups in total. The van der Waals surface area contributed by atoms with E-state index in [2.05, 4.69) is 0 Å². The zero-order valence-electron chi connectivity index (χ0n) is 8.85. The van der Waals surface area contributed by atoms with Crippen molar-refractivity contribution in [1.29, 1.82) is 0 Å². The molecule has 1 atom stereocenters. The molecule has 3 nitrogen and oxygen atoms in total. The molecule has 15 heavy (non-hydrogen) atoms. The van der Waals surface area contributed by atoms with Crippen LogP contribution in [-0.4, -0.2) is 24.3 Å². The molecule has 1 unspecified atom stereocenters. The van der Waals surface area contributed by atoms with Gasteiger partial charge in [-0.2, -0.15) is 0 Å². The molecule has 1 rings (SSSR count). The average Bonchev–Trinajstić information content (AvgIpc) is 2.25. The number of carboxylic acid groups (broad SMARTS) is 1. The number of benzene rings is 1. The molecule has 1 aromatic carbocycles. The van der Waals surface area contributed by atoms with E-state index in [1.165, 1.54) is 0 Å². The molecule has 0 heterocycles. The highest BCUT2D eigenvalue weighted by Crippen LogP contribution is 2.19.